The quantitative estimate of drug-likeness (QED) is 0.730. The summed E-state index contributed by atoms with van der Waals surface area (Å²) in [5.74, 6) is -1.99. The molecule has 108 valence electrons. The van der Waals surface area contributed by atoms with Gasteiger partial charge in [0.05, 0.1) is 6.42 Å². The van der Waals surface area contributed by atoms with Gasteiger partial charge in [-0.25, -0.2) is 4.79 Å². The molecule has 2 N–H and O–H groups in total. The van der Waals surface area contributed by atoms with Crippen LogP contribution in [-0.2, 0) is 19.1 Å². The molecule has 0 aliphatic heterocycles. The van der Waals surface area contributed by atoms with Gasteiger partial charge in [-0.2, -0.15) is 0 Å². The number of rotatable bonds is 5. The van der Waals surface area contributed by atoms with Crippen molar-refractivity contribution >= 4 is 17.8 Å². The van der Waals surface area contributed by atoms with Crippen LogP contribution in [0.4, 0.5) is 0 Å². The molecule has 0 radical (unpaired) electrons. The zero-order valence-corrected chi connectivity index (χ0v) is 11.3. The van der Waals surface area contributed by atoms with E-state index in [1.54, 1.807) is 0 Å². The molecule has 1 aliphatic rings. The lowest BCUT2D eigenvalue weighted by Gasteiger charge is -2.29. The highest BCUT2D eigenvalue weighted by atomic mass is 16.6. The van der Waals surface area contributed by atoms with Crippen LogP contribution in [0.5, 0.6) is 0 Å². The smallest absolute Gasteiger partial charge is 0.345 e. The first-order valence-corrected chi connectivity index (χ1v) is 6.59. The van der Waals surface area contributed by atoms with E-state index in [-0.39, 0.29) is 18.4 Å². The van der Waals surface area contributed by atoms with Crippen LogP contribution in [0.15, 0.2) is 0 Å². The number of ether oxygens (including phenoxy) is 1. The summed E-state index contributed by atoms with van der Waals surface area (Å²) in [7, 11) is 0. The number of esters is 1. The summed E-state index contributed by atoms with van der Waals surface area (Å²) in [6.45, 7) is 3.20. The normalized spacial score (nSPS) is 24.3. The molecule has 1 aliphatic carbocycles. The van der Waals surface area contributed by atoms with Crippen molar-refractivity contribution in [3.63, 3.8) is 0 Å². The maximum atomic E-state index is 11.8. The summed E-state index contributed by atoms with van der Waals surface area (Å²) < 4.78 is 4.60. The summed E-state index contributed by atoms with van der Waals surface area (Å²) in [4.78, 5) is 33.4. The molecule has 19 heavy (non-hydrogen) atoms. The van der Waals surface area contributed by atoms with E-state index < -0.39 is 18.0 Å². The lowest BCUT2D eigenvalue weighted by Crippen LogP contribution is -2.43. The minimum absolute atomic E-state index is 0.0908. The second kappa shape index (κ2) is 7.11. The standard InChI is InChI=1S/C13H21NO5/c1-8-5-3-4-6-10(8)14-12(16)7-11(13(17)18)19-9(2)15/h8,10-11H,3-7H2,1-2H3,(H,14,16)(H,17,18)/t8-,10+,11-/m1/s1. The minimum Gasteiger partial charge on any atom is -0.478 e. The van der Waals surface area contributed by atoms with Gasteiger partial charge in [-0.05, 0) is 18.8 Å². The van der Waals surface area contributed by atoms with Crippen molar-refractivity contribution in [2.24, 2.45) is 5.92 Å². The summed E-state index contributed by atoms with van der Waals surface area (Å²) in [5, 5.41) is 11.7. The second-order valence-corrected chi connectivity index (χ2v) is 5.08. The van der Waals surface area contributed by atoms with Gasteiger partial charge >= 0.3 is 11.9 Å². The Kier molecular flexibility index (Phi) is 5.79. The molecule has 0 bridgehead atoms. The summed E-state index contributed by atoms with van der Waals surface area (Å²) in [6, 6.07) is 0.0908. The molecule has 6 nitrogen and oxygen atoms in total. The number of carboxylic acids is 1. The van der Waals surface area contributed by atoms with E-state index in [0.29, 0.717) is 5.92 Å². The van der Waals surface area contributed by atoms with Gasteiger partial charge in [0, 0.05) is 13.0 Å². The van der Waals surface area contributed by atoms with Crippen LogP contribution >= 0.6 is 0 Å². The fourth-order valence-electron chi connectivity index (χ4n) is 2.34. The SMILES string of the molecule is CC(=O)O[C@H](CC(=O)N[C@H]1CCCC[C@H]1C)C(=O)O. The maximum absolute atomic E-state index is 11.8. The van der Waals surface area contributed by atoms with Crippen LogP contribution in [-0.4, -0.2) is 35.1 Å². The number of carbonyl (C=O) groups excluding carboxylic acids is 2. The molecule has 3 atom stereocenters. The van der Waals surface area contributed by atoms with E-state index in [0.717, 1.165) is 26.2 Å². The molecule has 0 saturated heterocycles. The van der Waals surface area contributed by atoms with Crippen molar-refractivity contribution in [1.82, 2.24) is 5.32 Å². The van der Waals surface area contributed by atoms with Gasteiger partial charge < -0.3 is 15.2 Å². The molecule has 6 heteroatoms. The first-order chi connectivity index (χ1) is 8.90. The van der Waals surface area contributed by atoms with Crippen molar-refractivity contribution in [2.45, 2.75) is 58.1 Å². The van der Waals surface area contributed by atoms with Crippen molar-refractivity contribution in [3.8, 4) is 0 Å². The zero-order chi connectivity index (χ0) is 14.4. The van der Waals surface area contributed by atoms with Crippen LogP contribution < -0.4 is 5.32 Å². The predicted molar refractivity (Wildman–Crippen MR) is 67.4 cm³/mol. The lowest BCUT2D eigenvalue weighted by atomic mass is 9.86. The number of hydrogen-bond acceptors (Lipinski definition) is 4. The van der Waals surface area contributed by atoms with Gasteiger partial charge in [-0.3, -0.25) is 9.59 Å². The molecule has 0 spiro atoms. The third-order valence-corrected chi connectivity index (χ3v) is 3.41. The van der Waals surface area contributed by atoms with Gasteiger partial charge in [-0.1, -0.05) is 19.8 Å². The first-order valence-electron chi connectivity index (χ1n) is 6.59. The summed E-state index contributed by atoms with van der Waals surface area (Å²) >= 11 is 0. The Labute approximate surface area is 112 Å². The molecule has 1 amide bonds. The number of aliphatic carboxylic acids is 1. The monoisotopic (exact) mass is 271 g/mol. The fourth-order valence-corrected chi connectivity index (χ4v) is 2.34. The van der Waals surface area contributed by atoms with Crippen molar-refractivity contribution < 1.29 is 24.2 Å². The van der Waals surface area contributed by atoms with Gasteiger partial charge in [0.25, 0.3) is 0 Å². The Bertz CT molecular complexity index is 355. The Morgan fingerprint density at radius 1 is 1.32 bits per heavy atom. The number of carboxylic acid groups (broad SMARTS) is 1. The van der Waals surface area contributed by atoms with Crippen LogP contribution in [0.25, 0.3) is 0 Å². The van der Waals surface area contributed by atoms with E-state index in [2.05, 4.69) is 17.0 Å². The fraction of sp³-hybridized carbons (Fsp3) is 0.769. The third-order valence-electron chi connectivity index (χ3n) is 3.41. The predicted octanol–water partition coefficient (Wildman–Crippen LogP) is 1.09. The molecule has 1 saturated carbocycles. The van der Waals surface area contributed by atoms with E-state index in [1.165, 1.54) is 6.42 Å². The van der Waals surface area contributed by atoms with Gasteiger partial charge in [0.2, 0.25) is 12.0 Å². The van der Waals surface area contributed by atoms with Crippen LogP contribution in [0.2, 0.25) is 0 Å². The molecule has 0 unspecified atom stereocenters. The topological polar surface area (TPSA) is 92.7 Å². The molecule has 0 heterocycles. The molecular formula is C13H21NO5. The molecule has 1 fully saturated rings. The zero-order valence-electron chi connectivity index (χ0n) is 11.3. The van der Waals surface area contributed by atoms with Crippen LogP contribution in [0.3, 0.4) is 0 Å². The van der Waals surface area contributed by atoms with E-state index in [1.807, 2.05) is 0 Å². The van der Waals surface area contributed by atoms with Crippen LogP contribution in [0.1, 0.15) is 46.0 Å². The largest absolute Gasteiger partial charge is 0.478 e. The maximum Gasteiger partial charge on any atom is 0.345 e. The van der Waals surface area contributed by atoms with Gasteiger partial charge in [-0.15, -0.1) is 0 Å². The molecule has 0 aromatic rings. The summed E-state index contributed by atoms with van der Waals surface area (Å²) in [6.07, 6.45) is 2.48. The highest BCUT2D eigenvalue weighted by molar-refractivity contribution is 5.85. The van der Waals surface area contributed by atoms with Crippen molar-refractivity contribution in [1.29, 1.82) is 0 Å². The Balaban J connectivity index is 2.47. The minimum atomic E-state index is -1.41. The average molecular weight is 271 g/mol. The Morgan fingerprint density at radius 3 is 2.47 bits per heavy atom. The average Bonchev–Trinajstić information content (AvgIpc) is 2.30. The third kappa shape index (κ3) is 5.28. The number of carbonyl (C=O) groups is 3. The number of amides is 1. The van der Waals surface area contributed by atoms with Gasteiger partial charge in [0.1, 0.15) is 0 Å². The second-order valence-electron chi connectivity index (χ2n) is 5.08. The van der Waals surface area contributed by atoms with Crippen LogP contribution in [0, 0.1) is 5.92 Å². The van der Waals surface area contributed by atoms with Gasteiger partial charge in [0.15, 0.2) is 0 Å². The van der Waals surface area contributed by atoms with E-state index in [9.17, 15) is 14.4 Å². The Morgan fingerprint density at radius 2 is 1.95 bits per heavy atom. The van der Waals surface area contributed by atoms with Crippen molar-refractivity contribution in [2.75, 3.05) is 0 Å². The number of hydrogen-bond donors (Lipinski definition) is 2. The van der Waals surface area contributed by atoms with Crippen molar-refractivity contribution in [3.05, 3.63) is 0 Å². The molecule has 0 aromatic heterocycles. The first kappa shape index (κ1) is 15.5. The highest BCUT2D eigenvalue weighted by Gasteiger charge is 2.27. The molecule has 0 aromatic carbocycles. The molecular weight excluding hydrogens is 250 g/mol. The lowest BCUT2D eigenvalue weighted by molar-refractivity contribution is -0.164. The Hall–Kier alpha value is -1.59. The number of nitrogens with one attached hydrogen (secondary N) is 1. The van der Waals surface area contributed by atoms with E-state index >= 15 is 0 Å². The molecule has 1 rings (SSSR count). The van der Waals surface area contributed by atoms with E-state index in [4.69, 9.17) is 5.11 Å². The summed E-state index contributed by atoms with van der Waals surface area (Å²) in [5.41, 5.74) is 0. The highest BCUT2D eigenvalue weighted by Crippen LogP contribution is 2.23.